The van der Waals surface area contributed by atoms with Crippen LogP contribution in [0.5, 0.6) is 5.75 Å². The highest BCUT2D eigenvalue weighted by Gasteiger charge is 2.25. The number of carbonyl (C=O) groups is 2. The summed E-state index contributed by atoms with van der Waals surface area (Å²) < 4.78 is 5.42. The van der Waals surface area contributed by atoms with Crippen molar-refractivity contribution in [2.45, 2.75) is 12.8 Å². The van der Waals surface area contributed by atoms with Crippen molar-refractivity contribution in [2.24, 2.45) is 0 Å². The van der Waals surface area contributed by atoms with Crippen molar-refractivity contribution in [3.63, 3.8) is 0 Å². The molecule has 2 aromatic rings. The van der Waals surface area contributed by atoms with E-state index in [1.807, 2.05) is 36.4 Å². The minimum Gasteiger partial charge on any atom is -0.482 e. The number of benzene rings is 1. The van der Waals surface area contributed by atoms with Crippen LogP contribution in [0, 0.1) is 0 Å². The van der Waals surface area contributed by atoms with Crippen molar-refractivity contribution in [2.75, 3.05) is 31.6 Å². The van der Waals surface area contributed by atoms with E-state index in [1.165, 1.54) is 0 Å². The molecule has 2 amide bonds. The molecule has 25 heavy (non-hydrogen) atoms. The standard InChI is InChI=1S/C19H21N3O3/c1-21(12-8-15-6-10-20-11-7-15)18(23)9-13-22-16-4-2-3-5-17(16)25-14-19(22)24/h2-7,10-11H,8-9,12-14H2,1H3. The average Bonchev–Trinajstić information content (AvgIpc) is 2.66. The van der Waals surface area contributed by atoms with Crippen LogP contribution in [-0.2, 0) is 16.0 Å². The highest BCUT2D eigenvalue weighted by molar-refractivity contribution is 5.98. The molecule has 1 aromatic carbocycles. The predicted molar refractivity (Wildman–Crippen MR) is 94.5 cm³/mol. The third kappa shape index (κ3) is 4.15. The Balaban J connectivity index is 1.54. The first-order chi connectivity index (χ1) is 12.1. The molecule has 0 aliphatic carbocycles. The Morgan fingerprint density at radius 3 is 2.80 bits per heavy atom. The number of nitrogens with zero attached hydrogens (tertiary/aromatic N) is 3. The molecule has 6 heteroatoms. The van der Waals surface area contributed by atoms with E-state index in [0.717, 1.165) is 17.7 Å². The number of anilines is 1. The summed E-state index contributed by atoms with van der Waals surface area (Å²) in [6.07, 6.45) is 4.56. The van der Waals surface area contributed by atoms with Crippen LogP contribution in [0.1, 0.15) is 12.0 Å². The molecule has 0 unspecified atom stereocenters. The summed E-state index contributed by atoms with van der Waals surface area (Å²) in [5.74, 6) is 0.581. The van der Waals surface area contributed by atoms with Gasteiger partial charge in [-0.05, 0) is 36.2 Å². The number of rotatable bonds is 6. The summed E-state index contributed by atoms with van der Waals surface area (Å²) in [4.78, 5) is 31.8. The number of carbonyl (C=O) groups excluding carboxylic acids is 2. The molecule has 0 saturated heterocycles. The third-order valence-electron chi connectivity index (χ3n) is 4.27. The van der Waals surface area contributed by atoms with Crippen molar-refractivity contribution in [3.8, 4) is 5.75 Å². The largest absolute Gasteiger partial charge is 0.482 e. The van der Waals surface area contributed by atoms with E-state index in [4.69, 9.17) is 4.74 Å². The van der Waals surface area contributed by atoms with Gasteiger partial charge in [0.2, 0.25) is 5.91 Å². The molecule has 1 aliphatic rings. The molecule has 0 saturated carbocycles. The third-order valence-corrected chi connectivity index (χ3v) is 4.27. The van der Waals surface area contributed by atoms with Crippen LogP contribution in [0.4, 0.5) is 5.69 Å². The van der Waals surface area contributed by atoms with Crippen LogP contribution in [0.25, 0.3) is 0 Å². The normalized spacial score (nSPS) is 13.2. The summed E-state index contributed by atoms with van der Waals surface area (Å²) in [5, 5.41) is 0. The number of ether oxygens (including phenoxy) is 1. The Bertz CT molecular complexity index is 749. The summed E-state index contributed by atoms with van der Waals surface area (Å²) >= 11 is 0. The van der Waals surface area contributed by atoms with Crippen LogP contribution >= 0.6 is 0 Å². The van der Waals surface area contributed by atoms with E-state index in [-0.39, 0.29) is 24.8 Å². The molecule has 0 fully saturated rings. The van der Waals surface area contributed by atoms with Gasteiger partial charge in [0.15, 0.2) is 6.61 Å². The minimum absolute atomic E-state index is 0.0170. The number of likely N-dealkylation sites (N-methyl/N-ethyl adjacent to an activating group) is 1. The van der Waals surface area contributed by atoms with Crippen molar-refractivity contribution < 1.29 is 14.3 Å². The molecule has 0 bridgehead atoms. The van der Waals surface area contributed by atoms with Crippen molar-refractivity contribution >= 4 is 17.5 Å². The molecule has 1 aromatic heterocycles. The zero-order valence-corrected chi connectivity index (χ0v) is 14.2. The van der Waals surface area contributed by atoms with Crippen LogP contribution in [0.15, 0.2) is 48.8 Å². The Kier molecular flexibility index (Phi) is 5.28. The molecular weight excluding hydrogens is 318 g/mol. The van der Waals surface area contributed by atoms with Gasteiger partial charge < -0.3 is 14.5 Å². The molecule has 6 nitrogen and oxygen atoms in total. The Morgan fingerprint density at radius 1 is 1.24 bits per heavy atom. The van der Waals surface area contributed by atoms with Gasteiger partial charge in [-0.1, -0.05) is 12.1 Å². The maximum Gasteiger partial charge on any atom is 0.265 e. The molecule has 0 atom stereocenters. The number of pyridine rings is 1. The highest BCUT2D eigenvalue weighted by Crippen LogP contribution is 2.31. The monoisotopic (exact) mass is 339 g/mol. The molecule has 0 spiro atoms. The zero-order valence-electron chi connectivity index (χ0n) is 14.2. The molecule has 0 N–H and O–H groups in total. The lowest BCUT2D eigenvalue weighted by Gasteiger charge is -2.29. The quantitative estimate of drug-likeness (QED) is 0.806. The first-order valence-corrected chi connectivity index (χ1v) is 8.30. The minimum atomic E-state index is -0.120. The Hall–Kier alpha value is -2.89. The van der Waals surface area contributed by atoms with Gasteiger partial charge >= 0.3 is 0 Å². The van der Waals surface area contributed by atoms with Crippen LogP contribution in [0.2, 0.25) is 0 Å². The van der Waals surface area contributed by atoms with Gasteiger partial charge in [0, 0.05) is 39.0 Å². The lowest BCUT2D eigenvalue weighted by Crippen LogP contribution is -2.41. The molecule has 130 valence electrons. The maximum atomic E-state index is 12.4. The zero-order chi connectivity index (χ0) is 17.6. The number of hydrogen-bond donors (Lipinski definition) is 0. The second-order valence-corrected chi connectivity index (χ2v) is 5.97. The van der Waals surface area contributed by atoms with E-state index in [1.54, 1.807) is 29.2 Å². The summed E-state index contributed by atoms with van der Waals surface area (Å²) in [6, 6.07) is 11.3. The van der Waals surface area contributed by atoms with Crippen LogP contribution < -0.4 is 9.64 Å². The summed E-state index contributed by atoms with van der Waals surface area (Å²) in [5.41, 5.74) is 1.87. The predicted octanol–water partition coefficient (Wildman–Crippen LogP) is 1.90. The number of para-hydroxylation sites is 2. The molecule has 0 radical (unpaired) electrons. The van der Waals surface area contributed by atoms with Gasteiger partial charge in [-0.25, -0.2) is 0 Å². The Labute approximate surface area is 147 Å². The molecule has 2 heterocycles. The fraction of sp³-hybridized carbons (Fsp3) is 0.316. The van der Waals surface area contributed by atoms with Gasteiger partial charge in [0.25, 0.3) is 5.91 Å². The van der Waals surface area contributed by atoms with Gasteiger partial charge in [-0.2, -0.15) is 0 Å². The number of hydrogen-bond acceptors (Lipinski definition) is 4. The topological polar surface area (TPSA) is 62.7 Å². The van der Waals surface area contributed by atoms with E-state index in [2.05, 4.69) is 4.98 Å². The van der Waals surface area contributed by atoms with E-state index >= 15 is 0 Å². The smallest absolute Gasteiger partial charge is 0.265 e. The summed E-state index contributed by atoms with van der Waals surface area (Å²) in [6.45, 7) is 1.01. The average molecular weight is 339 g/mol. The number of fused-ring (bicyclic) bond motifs is 1. The lowest BCUT2D eigenvalue weighted by molar-refractivity contribution is -0.129. The van der Waals surface area contributed by atoms with E-state index in [0.29, 0.717) is 18.8 Å². The lowest BCUT2D eigenvalue weighted by atomic mass is 10.2. The van der Waals surface area contributed by atoms with Gasteiger partial charge in [-0.15, -0.1) is 0 Å². The first-order valence-electron chi connectivity index (χ1n) is 8.30. The van der Waals surface area contributed by atoms with Crippen molar-refractivity contribution in [1.82, 2.24) is 9.88 Å². The van der Waals surface area contributed by atoms with Crippen LogP contribution in [-0.4, -0.2) is 48.4 Å². The Morgan fingerprint density at radius 2 is 2.00 bits per heavy atom. The number of aromatic nitrogens is 1. The maximum absolute atomic E-state index is 12.4. The fourth-order valence-corrected chi connectivity index (χ4v) is 2.77. The van der Waals surface area contributed by atoms with Gasteiger partial charge in [-0.3, -0.25) is 14.6 Å². The SMILES string of the molecule is CN(CCc1ccncc1)C(=O)CCN1C(=O)COc2ccccc21. The first kappa shape index (κ1) is 17.0. The molecule has 1 aliphatic heterocycles. The highest BCUT2D eigenvalue weighted by atomic mass is 16.5. The van der Waals surface area contributed by atoms with Gasteiger partial charge in [0.05, 0.1) is 5.69 Å². The molecule has 3 rings (SSSR count). The van der Waals surface area contributed by atoms with Gasteiger partial charge in [0.1, 0.15) is 5.75 Å². The number of amides is 2. The van der Waals surface area contributed by atoms with Crippen molar-refractivity contribution in [1.29, 1.82) is 0 Å². The van der Waals surface area contributed by atoms with Crippen molar-refractivity contribution in [3.05, 3.63) is 54.4 Å². The van der Waals surface area contributed by atoms with E-state index in [9.17, 15) is 9.59 Å². The molecular formula is C19H21N3O3. The van der Waals surface area contributed by atoms with Crippen LogP contribution in [0.3, 0.4) is 0 Å². The fourth-order valence-electron chi connectivity index (χ4n) is 2.77. The second kappa shape index (κ2) is 7.79. The van der Waals surface area contributed by atoms with E-state index < -0.39 is 0 Å². The second-order valence-electron chi connectivity index (χ2n) is 5.97. The summed E-state index contributed by atoms with van der Waals surface area (Å²) in [7, 11) is 1.79.